The lowest BCUT2D eigenvalue weighted by Gasteiger charge is -2.06. The van der Waals surface area contributed by atoms with Crippen molar-refractivity contribution in [1.29, 1.82) is 0 Å². The Labute approximate surface area is 114 Å². The lowest BCUT2D eigenvalue weighted by Crippen LogP contribution is -2.15. The standard InChI is InChI=1S/C14H14N4O2/c15-10(14-18-12(7-20-14)13(16)19)5-8-6-17-11-4-2-1-3-9(8)11/h1-4,6-7,10,17H,5,15H2,(H2,16,19). The molecule has 6 nitrogen and oxygen atoms in total. The zero-order valence-corrected chi connectivity index (χ0v) is 10.7. The Morgan fingerprint density at radius 1 is 1.40 bits per heavy atom. The highest BCUT2D eigenvalue weighted by Crippen LogP contribution is 2.22. The number of H-pyrrole nitrogens is 1. The number of fused-ring (bicyclic) bond motifs is 1. The molecule has 0 spiro atoms. The second-order valence-corrected chi connectivity index (χ2v) is 4.61. The number of nitrogens with two attached hydrogens (primary N) is 2. The summed E-state index contributed by atoms with van der Waals surface area (Å²) in [6.45, 7) is 0. The fourth-order valence-electron chi connectivity index (χ4n) is 2.20. The first-order valence-corrected chi connectivity index (χ1v) is 6.21. The Bertz CT molecular complexity index is 759. The van der Waals surface area contributed by atoms with E-state index in [9.17, 15) is 4.79 Å². The minimum absolute atomic E-state index is 0.0920. The van der Waals surface area contributed by atoms with Gasteiger partial charge in [0.25, 0.3) is 5.91 Å². The summed E-state index contributed by atoms with van der Waals surface area (Å²) in [5.41, 5.74) is 13.4. The first-order valence-electron chi connectivity index (χ1n) is 6.21. The number of benzene rings is 1. The molecule has 0 bridgehead atoms. The smallest absolute Gasteiger partial charge is 0.270 e. The van der Waals surface area contributed by atoms with E-state index in [4.69, 9.17) is 15.9 Å². The van der Waals surface area contributed by atoms with Crippen LogP contribution in [0.15, 0.2) is 41.1 Å². The second-order valence-electron chi connectivity index (χ2n) is 4.61. The summed E-state index contributed by atoms with van der Waals surface area (Å²) in [5, 5.41) is 1.12. The summed E-state index contributed by atoms with van der Waals surface area (Å²) in [6.07, 6.45) is 3.71. The Hall–Kier alpha value is -2.60. The molecular formula is C14H14N4O2. The summed E-state index contributed by atoms with van der Waals surface area (Å²) in [4.78, 5) is 18.2. The highest BCUT2D eigenvalue weighted by atomic mass is 16.3. The normalized spacial score (nSPS) is 12.7. The van der Waals surface area contributed by atoms with Crippen molar-refractivity contribution in [3.8, 4) is 0 Å². The van der Waals surface area contributed by atoms with Crippen LogP contribution in [0.25, 0.3) is 10.9 Å². The zero-order valence-electron chi connectivity index (χ0n) is 10.7. The van der Waals surface area contributed by atoms with Crippen LogP contribution in [0.4, 0.5) is 0 Å². The number of amides is 1. The minimum Gasteiger partial charge on any atom is -0.446 e. The highest BCUT2D eigenvalue weighted by molar-refractivity contribution is 5.90. The minimum atomic E-state index is -0.626. The second kappa shape index (κ2) is 4.82. The Morgan fingerprint density at radius 3 is 2.95 bits per heavy atom. The van der Waals surface area contributed by atoms with Gasteiger partial charge in [-0.25, -0.2) is 4.98 Å². The first kappa shape index (κ1) is 12.4. The van der Waals surface area contributed by atoms with Crippen LogP contribution in [-0.2, 0) is 6.42 Å². The summed E-state index contributed by atoms with van der Waals surface area (Å²) >= 11 is 0. The number of carbonyl (C=O) groups is 1. The van der Waals surface area contributed by atoms with E-state index >= 15 is 0 Å². The van der Waals surface area contributed by atoms with E-state index in [0.717, 1.165) is 16.5 Å². The van der Waals surface area contributed by atoms with Crippen LogP contribution in [0.3, 0.4) is 0 Å². The molecule has 2 heterocycles. The average molecular weight is 270 g/mol. The molecule has 1 amide bonds. The molecule has 0 saturated carbocycles. The number of nitrogens with one attached hydrogen (secondary N) is 1. The number of aromatic nitrogens is 2. The van der Waals surface area contributed by atoms with Crippen LogP contribution >= 0.6 is 0 Å². The van der Waals surface area contributed by atoms with Gasteiger partial charge in [-0.3, -0.25) is 4.79 Å². The highest BCUT2D eigenvalue weighted by Gasteiger charge is 2.17. The van der Waals surface area contributed by atoms with Crippen molar-refractivity contribution in [1.82, 2.24) is 9.97 Å². The van der Waals surface area contributed by atoms with Crippen LogP contribution in [0.2, 0.25) is 0 Å². The molecule has 0 aliphatic rings. The molecule has 0 radical (unpaired) electrons. The number of primary amides is 1. The third-order valence-corrected chi connectivity index (χ3v) is 3.21. The predicted molar refractivity (Wildman–Crippen MR) is 74.0 cm³/mol. The van der Waals surface area contributed by atoms with Crippen molar-refractivity contribution in [3.63, 3.8) is 0 Å². The Kier molecular flexibility index (Phi) is 3.00. The van der Waals surface area contributed by atoms with Gasteiger partial charge in [0.15, 0.2) is 5.69 Å². The number of nitrogens with zero attached hydrogens (tertiary/aromatic N) is 1. The molecule has 3 aromatic rings. The number of aromatic amines is 1. The van der Waals surface area contributed by atoms with E-state index in [1.165, 1.54) is 6.26 Å². The van der Waals surface area contributed by atoms with Gasteiger partial charge in [-0.2, -0.15) is 0 Å². The molecule has 0 fully saturated rings. The van der Waals surface area contributed by atoms with Crippen LogP contribution < -0.4 is 11.5 Å². The largest absolute Gasteiger partial charge is 0.446 e. The Morgan fingerprint density at radius 2 is 2.20 bits per heavy atom. The SMILES string of the molecule is NC(=O)c1coc(C(N)Cc2c[nH]c3ccccc23)n1. The number of hydrogen-bond acceptors (Lipinski definition) is 4. The van der Waals surface area contributed by atoms with E-state index < -0.39 is 11.9 Å². The number of rotatable bonds is 4. The van der Waals surface area contributed by atoms with E-state index in [1.807, 2.05) is 30.5 Å². The quantitative estimate of drug-likeness (QED) is 0.667. The van der Waals surface area contributed by atoms with Crippen molar-refractivity contribution in [3.05, 3.63) is 53.9 Å². The van der Waals surface area contributed by atoms with Crippen LogP contribution in [0.5, 0.6) is 0 Å². The summed E-state index contributed by atoms with van der Waals surface area (Å²) in [7, 11) is 0. The molecule has 1 atom stereocenters. The third kappa shape index (κ3) is 2.17. The van der Waals surface area contributed by atoms with Gasteiger partial charge in [0.1, 0.15) is 6.26 Å². The van der Waals surface area contributed by atoms with Gasteiger partial charge in [0.2, 0.25) is 5.89 Å². The maximum Gasteiger partial charge on any atom is 0.270 e. The molecule has 20 heavy (non-hydrogen) atoms. The van der Waals surface area contributed by atoms with Crippen molar-refractivity contribution >= 4 is 16.8 Å². The van der Waals surface area contributed by atoms with E-state index in [1.54, 1.807) is 0 Å². The van der Waals surface area contributed by atoms with Crippen molar-refractivity contribution in [2.45, 2.75) is 12.5 Å². The monoisotopic (exact) mass is 270 g/mol. The van der Waals surface area contributed by atoms with Gasteiger partial charge >= 0.3 is 0 Å². The maximum atomic E-state index is 11.0. The fourth-order valence-corrected chi connectivity index (χ4v) is 2.20. The van der Waals surface area contributed by atoms with Crippen LogP contribution in [0.1, 0.15) is 28.0 Å². The fraction of sp³-hybridized carbons (Fsp3) is 0.143. The van der Waals surface area contributed by atoms with E-state index in [-0.39, 0.29) is 5.69 Å². The molecule has 5 N–H and O–H groups in total. The Balaban J connectivity index is 1.84. The van der Waals surface area contributed by atoms with Crippen molar-refractivity contribution in [2.24, 2.45) is 11.5 Å². The predicted octanol–water partition coefficient (Wildman–Crippen LogP) is 1.50. The maximum absolute atomic E-state index is 11.0. The molecule has 1 unspecified atom stereocenters. The molecule has 6 heteroatoms. The summed E-state index contributed by atoms with van der Waals surface area (Å²) < 4.78 is 5.20. The third-order valence-electron chi connectivity index (χ3n) is 3.21. The molecule has 2 aromatic heterocycles. The summed E-state index contributed by atoms with van der Waals surface area (Å²) in [5.74, 6) is -0.316. The molecule has 3 rings (SSSR count). The molecular weight excluding hydrogens is 256 g/mol. The van der Waals surface area contributed by atoms with Gasteiger partial charge in [-0.15, -0.1) is 0 Å². The van der Waals surface area contributed by atoms with Crippen LogP contribution in [-0.4, -0.2) is 15.9 Å². The van der Waals surface area contributed by atoms with Crippen molar-refractivity contribution < 1.29 is 9.21 Å². The van der Waals surface area contributed by atoms with Gasteiger partial charge < -0.3 is 20.9 Å². The number of carbonyl (C=O) groups excluding carboxylic acids is 1. The van der Waals surface area contributed by atoms with E-state index in [0.29, 0.717) is 12.3 Å². The van der Waals surface area contributed by atoms with Crippen LogP contribution in [0, 0.1) is 0 Å². The lowest BCUT2D eigenvalue weighted by atomic mass is 10.1. The number of para-hydroxylation sites is 1. The molecule has 0 aliphatic carbocycles. The van der Waals surface area contributed by atoms with E-state index in [2.05, 4.69) is 9.97 Å². The lowest BCUT2D eigenvalue weighted by molar-refractivity contribution is 0.0995. The van der Waals surface area contributed by atoms with Gasteiger partial charge in [0.05, 0.1) is 6.04 Å². The van der Waals surface area contributed by atoms with Gasteiger partial charge in [0, 0.05) is 17.1 Å². The molecule has 102 valence electrons. The molecule has 0 aliphatic heterocycles. The number of hydrogen-bond donors (Lipinski definition) is 3. The topological polar surface area (TPSA) is 111 Å². The molecule has 0 saturated heterocycles. The van der Waals surface area contributed by atoms with Gasteiger partial charge in [-0.1, -0.05) is 18.2 Å². The molecule has 1 aromatic carbocycles. The number of oxazole rings is 1. The van der Waals surface area contributed by atoms with Gasteiger partial charge in [-0.05, 0) is 18.1 Å². The average Bonchev–Trinajstić information content (AvgIpc) is 3.06. The zero-order chi connectivity index (χ0) is 14.1. The van der Waals surface area contributed by atoms with Crippen molar-refractivity contribution in [2.75, 3.05) is 0 Å². The first-order chi connectivity index (χ1) is 9.65. The summed E-state index contributed by atoms with van der Waals surface area (Å²) in [6, 6.07) is 7.54.